The van der Waals surface area contributed by atoms with Gasteiger partial charge in [0.05, 0.1) is 24.0 Å². The monoisotopic (exact) mass is 439 g/mol. The molecule has 2 amide bonds. The van der Waals surface area contributed by atoms with E-state index < -0.39 is 18.3 Å². The van der Waals surface area contributed by atoms with E-state index in [0.29, 0.717) is 22.8 Å². The summed E-state index contributed by atoms with van der Waals surface area (Å²) in [6.07, 6.45) is 3.08. The minimum absolute atomic E-state index is 0.109. The van der Waals surface area contributed by atoms with Crippen LogP contribution in [0.3, 0.4) is 0 Å². The van der Waals surface area contributed by atoms with Gasteiger partial charge in [-0.05, 0) is 25.0 Å². The van der Waals surface area contributed by atoms with E-state index in [1.165, 1.54) is 13.2 Å². The molecule has 3 N–H and O–H groups in total. The summed E-state index contributed by atoms with van der Waals surface area (Å²) >= 11 is 0. The summed E-state index contributed by atoms with van der Waals surface area (Å²) in [5, 5.41) is 19.8. The SMILES string of the molecule is [2H]C([2H])([2H])NC(=O)c1nnc(NC(=O)C2(C)CC2)cc1Nc1cccc(-c2ncn(C)n2)c1OC. The topological polar surface area (TPSA) is 136 Å². The number of aryl methyl sites for hydroxylation is 1. The van der Waals surface area contributed by atoms with E-state index in [1.54, 1.807) is 36.3 Å². The number of ether oxygens (including phenoxy) is 1. The fourth-order valence-corrected chi connectivity index (χ4v) is 3.10. The molecule has 0 spiro atoms. The number of methoxy groups -OCH3 is 1. The van der Waals surface area contributed by atoms with E-state index in [2.05, 4.69) is 30.9 Å². The van der Waals surface area contributed by atoms with Crippen molar-refractivity contribution in [1.82, 2.24) is 30.3 Å². The van der Waals surface area contributed by atoms with Crippen LogP contribution in [0.1, 0.15) is 34.4 Å². The van der Waals surface area contributed by atoms with Gasteiger partial charge in [-0.2, -0.15) is 5.10 Å². The fraction of sp³-hybridized carbons (Fsp3) is 0.333. The summed E-state index contributed by atoms with van der Waals surface area (Å²) in [4.78, 5) is 29.4. The van der Waals surface area contributed by atoms with Gasteiger partial charge in [-0.25, -0.2) is 4.98 Å². The molecule has 1 aliphatic rings. The van der Waals surface area contributed by atoms with Crippen LogP contribution < -0.4 is 20.7 Å². The molecule has 0 radical (unpaired) electrons. The molecule has 0 unspecified atom stereocenters. The van der Waals surface area contributed by atoms with Gasteiger partial charge in [-0.1, -0.05) is 13.0 Å². The number of hydrogen-bond acceptors (Lipinski definition) is 8. The number of hydrogen-bond donors (Lipinski definition) is 3. The van der Waals surface area contributed by atoms with E-state index in [9.17, 15) is 9.59 Å². The summed E-state index contributed by atoms with van der Waals surface area (Å²) in [6.45, 7) is -0.888. The lowest BCUT2D eigenvalue weighted by molar-refractivity contribution is -0.120. The molecule has 0 aliphatic heterocycles. The molecule has 11 heteroatoms. The average Bonchev–Trinajstić information content (AvgIpc) is 3.39. The number of amides is 2. The van der Waals surface area contributed by atoms with E-state index in [1.807, 2.05) is 12.2 Å². The van der Waals surface area contributed by atoms with Crippen molar-refractivity contribution in [3.05, 3.63) is 36.3 Å². The number of carbonyl (C=O) groups excluding carboxylic acids is 2. The third-order valence-corrected chi connectivity index (χ3v) is 5.24. The Balaban J connectivity index is 1.73. The number of carbonyl (C=O) groups is 2. The van der Waals surface area contributed by atoms with Crippen molar-refractivity contribution in [2.45, 2.75) is 19.8 Å². The first-order valence-corrected chi connectivity index (χ1v) is 9.81. The maximum Gasteiger partial charge on any atom is 0.273 e. The second kappa shape index (κ2) is 8.25. The van der Waals surface area contributed by atoms with Gasteiger partial charge in [0.2, 0.25) is 5.91 Å². The Morgan fingerprint density at radius 1 is 1.25 bits per heavy atom. The lowest BCUT2D eigenvalue weighted by Crippen LogP contribution is -2.24. The Hall–Kier alpha value is -4.02. The zero-order valence-electron chi connectivity index (χ0n) is 20.8. The number of benzene rings is 1. The first-order chi connectivity index (χ1) is 16.5. The molecule has 32 heavy (non-hydrogen) atoms. The standard InChI is InChI=1S/C21H24N8O3/c1-21(8-9-21)20(31)25-15-10-14(16(27-26-15)19(30)22-2)24-13-7-5-6-12(17(13)32-4)18-23-11-29(3)28-18/h5-7,10-11H,8-9H2,1-4H3,(H,22,30)(H2,24,25,26,31)/i2D3. The van der Waals surface area contributed by atoms with Crippen LogP contribution in [-0.2, 0) is 11.8 Å². The molecule has 2 aromatic heterocycles. The minimum Gasteiger partial charge on any atom is -0.494 e. The van der Waals surface area contributed by atoms with Gasteiger partial charge in [0, 0.05) is 29.6 Å². The van der Waals surface area contributed by atoms with Crippen molar-refractivity contribution in [2.24, 2.45) is 12.5 Å². The number of rotatable bonds is 7. The molecule has 2 heterocycles. The van der Waals surface area contributed by atoms with E-state index in [0.717, 1.165) is 12.8 Å². The van der Waals surface area contributed by atoms with Crippen LogP contribution in [0, 0.1) is 5.41 Å². The second-order valence-corrected chi connectivity index (χ2v) is 7.71. The Morgan fingerprint density at radius 2 is 2.06 bits per heavy atom. The van der Waals surface area contributed by atoms with Crippen LogP contribution in [0.2, 0.25) is 0 Å². The molecule has 0 atom stereocenters. The molecule has 0 bridgehead atoms. The van der Waals surface area contributed by atoms with E-state index in [-0.39, 0.29) is 23.1 Å². The molecule has 0 saturated heterocycles. The van der Waals surface area contributed by atoms with Gasteiger partial charge in [0.1, 0.15) is 6.33 Å². The number of nitrogens with one attached hydrogen (secondary N) is 3. The summed E-state index contributed by atoms with van der Waals surface area (Å²) in [5.41, 5.74) is 0.394. The molecule has 1 fully saturated rings. The molecule has 1 aromatic carbocycles. The Kier molecular flexibility index (Phi) is 4.55. The smallest absolute Gasteiger partial charge is 0.273 e. The number of para-hydroxylation sites is 1. The van der Waals surface area contributed by atoms with E-state index >= 15 is 0 Å². The number of nitrogens with zero attached hydrogens (tertiary/aromatic N) is 5. The van der Waals surface area contributed by atoms with Crippen molar-refractivity contribution >= 4 is 29.0 Å². The zero-order valence-corrected chi connectivity index (χ0v) is 17.8. The summed E-state index contributed by atoms with van der Waals surface area (Å²) in [6, 6.07) is 6.62. The lowest BCUT2D eigenvalue weighted by atomic mass is 10.1. The lowest BCUT2D eigenvalue weighted by Gasteiger charge is -2.16. The predicted octanol–water partition coefficient (Wildman–Crippen LogP) is 2.12. The first kappa shape index (κ1) is 17.6. The third-order valence-electron chi connectivity index (χ3n) is 5.24. The fourth-order valence-electron chi connectivity index (χ4n) is 3.10. The highest BCUT2D eigenvalue weighted by molar-refractivity contribution is 6.00. The highest BCUT2D eigenvalue weighted by Crippen LogP contribution is 2.45. The molecular weight excluding hydrogens is 412 g/mol. The summed E-state index contributed by atoms with van der Waals surface area (Å²) in [7, 11) is 3.21. The van der Waals surface area contributed by atoms with Crippen molar-refractivity contribution in [2.75, 3.05) is 24.7 Å². The Bertz CT molecular complexity index is 1290. The molecule has 4 rings (SSSR count). The van der Waals surface area contributed by atoms with Crippen LogP contribution in [0.4, 0.5) is 17.2 Å². The van der Waals surface area contributed by atoms with Crippen molar-refractivity contribution in [3.63, 3.8) is 0 Å². The molecule has 1 saturated carbocycles. The zero-order chi connectivity index (χ0) is 25.4. The number of aromatic nitrogens is 5. The largest absolute Gasteiger partial charge is 0.494 e. The Morgan fingerprint density at radius 3 is 2.72 bits per heavy atom. The van der Waals surface area contributed by atoms with Gasteiger partial charge in [-0.3, -0.25) is 14.3 Å². The van der Waals surface area contributed by atoms with Gasteiger partial charge >= 0.3 is 0 Å². The highest BCUT2D eigenvalue weighted by atomic mass is 16.5. The van der Waals surface area contributed by atoms with Crippen LogP contribution >= 0.6 is 0 Å². The first-order valence-electron chi connectivity index (χ1n) is 11.3. The number of anilines is 3. The van der Waals surface area contributed by atoms with Crippen molar-refractivity contribution < 1.29 is 18.4 Å². The van der Waals surface area contributed by atoms with Gasteiger partial charge < -0.3 is 20.7 Å². The Labute approximate surface area is 188 Å². The maximum atomic E-state index is 12.7. The summed E-state index contributed by atoms with van der Waals surface area (Å²) in [5.74, 6) is -0.259. The molecule has 1 aliphatic carbocycles. The predicted molar refractivity (Wildman–Crippen MR) is 118 cm³/mol. The summed E-state index contributed by atoms with van der Waals surface area (Å²) < 4.78 is 29.2. The normalized spacial score (nSPS) is 15.7. The van der Waals surface area contributed by atoms with Crippen LogP contribution in [0.5, 0.6) is 5.75 Å². The minimum atomic E-state index is -2.73. The van der Waals surface area contributed by atoms with Gasteiger partial charge in [0.15, 0.2) is 23.1 Å². The van der Waals surface area contributed by atoms with Crippen molar-refractivity contribution in [1.29, 1.82) is 0 Å². The molecule has 11 nitrogen and oxygen atoms in total. The van der Waals surface area contributed by atoms with Gasteiger partial charge in [0.25, 0.3) is 5.91 Å². The quantitative estimate of drug-likeness (QED) is 0.509. The molecule has 3 aromatic rings. The molecular formula is C21H24N8O3. The van der Waals surface area contributed by atoms with Crippen LogP contribution in [0.15, 0.2) is 30.6 Å². The molecule has 166 valence electrons. The van der Waals surface area contributed by atoms with Crippen LogP contribution in [-0.4, -0.2) is 50.9 Å². The van der Waals surface area contributed by atoms with E-state index in [4.69, 9.17) is 8.85 Å². The maximum absolute atomic E-state index is 12.7. The second-order valence-electron chi connectivity index (χ2n) is 7.71. The average molecular weight is 439 g/mol. The van der Waals surface area contributed by atoms with Crippen LogP contribution in [0.25, 0.3) is 11.4 Å². The third kappa shape index (κ3) is 4.09. The van der Waals surface area contributed by atoms with Crippen molar-refractivity contribution in [3.8, 4) is 17.1 Å². The highest BCUT2D eigenvalue weighted by Gasteiger charge is 2.45. The van der Waals surface area contributed by atoms with Gasteiger partial charge in [-0.15, -0.1) is 10.2 Å².